The molecule has 2 N–H and O–H groups in total. The van der Waals surface area contributed by atoms with E-state index in [-0.39, 0.29) is 17.6 Å². The fourth-order valence-electron chi connectivity index (χ4n) is 2.98. The van der Waals surface area contributed by atoms with Crippen molar-refractivity contribution in [3.05, 3.63) is 82.8 Å². The molecule has 0 fully saturated rings. The average Bonchev–Trinajstić information content (AvgIpc) is 3.32. The molecular weight excluding hydrogens is 362 g/mol. The van der Waals surface area contributed by atoms with E-state index in [4.69, 9.17) is 11.6 Å². The molecule has 2 heterocycles. The van der Waals surface area contributed by atoms with Crippen LogP contribution < -0.4 is 5.32 Å². The maximum Gasteiger partial charge on any atom is 0.273 e. The molecule has 4 rings (SSSR count). The van der Waals surface area contributed by atoms with Crippen LogP contribution in [-0.2, 0) is 6.54 Å². The Morgan fingerprint density at radius 2 is 2.11 bits per heavy atom. The van der Waals surface area contributed by atoms with Gasteiger partial charge in [-0.2, -0.15) is 0 Å². The molecule has 0 saturated heterocycles. The maximum absolute atomic E-state index is 12.5. The van der Waals surface area contributed by atoms with Gasteiger partial charge in [-0.05, 0) is 47.7 Å². The number of nitrogens with zero attached hydrogens (tertiary/aromatic N) is 3. The van der Waals surface area contributed by atoms with Gasteiger partial charge in [0.05, 0.1) is 18.8 Å². The summed E-state index contributed by atoms with van der Waals surface area (Å²) in [6.07, 6.45) is 3.52. The first-order chi connectivity index (χ1) is 13.1. The standard InChI is InChI=1S/C20H18ClN5O/c1-13(14-6-7-18-15(10-14)8-9-22-18)23-20(27)19-12-26(25-24-19)11-16-4-2-3-5-17(16)21/h2-10,12-13,22H,11H2,1H3,(H,23,27)/t13-/m0/s1. The predicted molar refractivity (Wildman–Crippen MR) is 105 cm³/mol. The normalized spacial score (nSPS) is 12.2. The van der Waals surface area contributed by atoms with Crippen LogP contribution in [-0.4, -0.2) is 25.9 Å². The number of benzene rings is 2. The minimum atomic E-state index is -0.262. The molecule has 0 bridgehead atoms. The second-order valence-corrected chi connectivity index (χ2v) is 6.82. The van der Waals surface area contributed by atoms with E-state index in [9.17, 15) is 4.79 Å². The molecule has 0 aliphatic rings. The highest BCUT2D eigenvalue weighted by Crippen LogP contribution is 2.20. The van der Waals surface area contributed by atoms with Gasteiger partial charge >= 0.3 is 0 Å². The first-order valence-electron chi connectivity index (χ1n) is 8.61. The van der Waals surface area contributed by atoms with E-state index < -0.39 is 0 Å². The fourth-order valence-corrected chi connectivity index (χ4v) is 3.17. The zero-order valence-electron chi connectivity index (χ0n) is 14.7. The number of nitrogens with one attached hydrogen (secondary N) is 2. The van der Waals surface area contributed by atoms with Crippen molar-refractivity contribution in [1.82, 2.24) is 25.3 Å². The SMILES string of the molecule is C[C@H](NC(=O)c1cn(Cc2ccccc2Cl)nn1)c1ccc2[nH]ccc2c1. The van der Waals surface area contributed by atoms with E-state index in [0.717, 1.165) is 22.0 Å². The summed E-state index contributed by atoms with van der Waals surface area (Å²) in [5.74, 6) is -0.262. The van der Waals surface area contributed by atoms with Gasteiger partial charge < -0.3 is 10.3 Å². The molecular formula is C20H18ClN5O. The van der Waals surface area contributed by atoms with Gasteiger partial charge in [0.15, 0.2) is 5.69 Å². The van der Waals surface area contributed by atoms with Crippen LogP contribution in [0.2, 0.25) is 5.02 Å². The quantitative estimate of drug-likeness (QED) is 0.551. The average molecular weight is 380 g/mol. The van der Waals surface area contributed by atoms with Crippen LogP contribution in [0, 0.1) is 0 Å². The van der Waals surface area contributed by atoms with Crippen molar-refractivity contribution in [3.63, 3.8) is 0 Å². The molecule has 2 aromatic heterocycles. The Hall–Kier alpha value is -3.12. The summed E-state index contributed by atoms with van der Waals surface area (Å²) in [6.45, 7) is 2.40. The van der Waals surface area contributed by atoms with Gasteiger partial charge in [0.1, 0.15) is 0 Å². The molecule has 0 saturated carbocycles. The maximum atomic E-state index is 12.5. The number of hydrogen-bond acceptors (Lipinski definition) is 3. The van der Waals surface area contributed by atoms with Crippen LogP contribution in [0.4, 0.5) is 0 Å². The van der Waals surface area contributed by atoms with Crippen molar-refractivity contribution < 1.29 is 4.79 Å². The zero-order chi connectivity index (χ0) is 18.8. The Balaban J connectivity index is 1.45. The monoisotopic (exact) mass is 379 g/mol. The Morgan fingerprint density at radius 1 is 1.26 bits per heavy atom. The van der Waals surface area contributed by atoms with E-state index >= 15 is 0 Å². The molecule has 136 valence electrons. The number of halogens is 1. The number of aromatic amines is 1. The predicted octanol–water partition coefficient (Wildman–Crippen LogP) is 3.95. The van der Waals surface area contributed by atoms with Crippen molar-refractivity contribution >= 4 is 28.4 Å². The van der Waals surface area contributed by atoms with Gasteiger partial charge in [-0.1, -0.05) is 41.1 Å². The van der Waals surface area contributed by atoms with Crippen molar-refractivity contribution in [2.75, 3.05) is 0 Å². The number of carbonyl (C=O) groups excluding carboxylic acids is 1. The van der Waals surface area contributed by atoms with E-state index in [1.807, 2.05) is 55.6 Å². The van der Waals surface area contributed by atoms with Gasteiger partial charge in [0, 0.05) is 16.7 Å². The summed E-state index contributed by atoms with van der Waals surface area (Å²) in [5, 5.41) is 12.8. The molecule has 1 atom stereocenters. The largest absolute Gasteiger partial charge is 0.361 e. The lowest BCUT2D eigenvalue weighted by atomic mass is 10.1. The molecule has 0 aliphatic heterocycles. The third-order valence-electron chi connectivity index (χ3n) is 4.49. The summed E-state index contributed by atoms with van der Waals surface area (Å²) < 4.78 is 1.60. The second kappa shape index (κ2) is 7.25. The lowest BCUT2D eigenvalue weighted by Gasteiger charge is -2.13. The van der Waals surface area contributed by atoms with Crippen molar-refractivity contribution in [3.8, 4) is 0 Å². The molecule has 1 amide bonds. The van der Waals surface area contributed by atoms with Crippen molar-refractivity contribution in [2.45, 2.75) is 19.5 Å². The van der Waals surface area contributed by atoms with Gasteiger partial charge in [-0.3, -0.25) is 4.79 Å². The summed E-state index contributed by atoms with van der Waals surface area (Å²) >= 11 is 6.17. The van der Waals surface area contributed by atoms with E-state index in [1.165, 1.54) is 0 Å². The highest BCUT2D eigenvalue weighted by Gasteiger charge is 2.15. The third kappa shape index (κ3) is 3.71. The lowest BCUT2D eigenvalue weighted by Crippen LogP contribution is -2.27. The number of amides is 1. The van der Waals surface area contributed by atoms with Gasteiger partial charge in [0.2, 0.25) is 0 Å². The minimum Gasteiger partial charge on any atom is -0.361 e. The van der Waals surface area contributed by atoms with E-state index in [0.29, 0.717) is 11.6 Å². The highest BCUT2D eigenvalue weighted by atomic mass is 35.5. The smallest absolute Gasteiger partial charge is 0.273 e. The molecule has 0 unspecified atom stereocenters. The third-order valence-corrected chi connectivity index (χ3v) is 4.86. The van der Waals surface area contributed by atoms with Crippen LogP contribution >= 0.6 is 11.6 Å². The number of H-pyrrole nitrogens is 1. The van der Waals surface area contributed by atoms with E-state index in [1.54, 1.807) is 10.9 Å². The van der Waals surface area contributed by atoms with Gasteiger partial charge in [-0.15, -0.1) is 5.10 Å². The zero-order valence-corrected chi connectivity index (χ0v) is 15.4. The van der Waals surface area contributed by atoms with Crippen molar-refractivity contribution in [2.24, 2.45) is 0 Å². The first-order valence-corrected chi connectivity index (χ1v) is 8.99. The van der Waals surface area contributed by atoms with E-state index in [2.05, 4.69) is 26.7 Å². The molecule has 0 spiro atoms. The molecule has 6 nitrogen and oxygen atoms in total. The van der Waals surface area contributed by atoms with Crippen LogP contribution in [0.15, 0.2) is 60.9 Å². The summed E-state index contributed by atoms with van der Waals surface area (Å²) in [6, 6.07) is 15.5. The van der Waals surface area contributed by atoms with Crippen molar-refractivity contribution in [1.29, 1.82) is 0 Å². The molecule has 4 aromatic rings. The summed E-state index contributed by atoms with van der Waals surface area (Å²) in [7, 11) is 0. The number of hydrogen-bond donors (Lipinski definition) is 2. The number of carbonyl (C=O) groups is 1. The molecule has 0 radical (unpaired) electrons. The summed E-state index contributed by atoms with van der Waals surface area (Å²) in [5.41, 5.74) is 3.29. The van der Waals surface area contributed by atoms with Gasteiger partial charge in [-0.25, -0.2) is 4.68 Å². The first kappa shape index (κ1) is 17.3. The lowest BCUT2D eigenvalue weighted by molar-refractivity contribution is 0.0934. The summed E-state index contributed by atoms with van der Waals surface area (Å²) in [4.78, 5) is 15.7. The molecule has 0 aliphatic carbocycles. The highest BCUT2D eigenvalue weighted by molar-refractivity contribution is 6.31. The minimum absolute atomic E-state index is 0.148. The fraction of sp³-hybridized carbons (Fsp3) is 0.150. The number of rotatable bonds is 5. The molecule has 2 aromatic carbocycles. The Labute approximate surface area is 161 Å². The Kier molecular flexibility index (Phi) is 4.64. The van der Waals surface area contributed by atoms with Crippen LogP contribution in [0.5, 0.6) is 0 Å². The second-order valence-electron chi connectivity index (χ2n) is 6.41. The number of fused-ring (bicyclic) bond motifs is 1. The molecule has 27 heavy (non-hydrogen) atoms. The van der Waals surface area contributed by atoms with Crippen LogP contribution in [0.1, 0.15) is 34.6 Å². The topological polar surface area (TPSA) is 75.6 Å². The van der Waals surface area contributed by atoms with Gasteiger partial charge in [0.25, 0.3) is 5.91 Å². The Morgan fingerprint density at radius 3 is 2.96 bits per heavy atom. The Bertz CT molecular complexity index is 1100. The molecule has 7 heteroatoms. The number of aromatic nitrogens is 4. The van der Waals surface area contributed by atoms with Crippen LogP contribution in [0.3, 0.4) is 0 Å². The van der Waals surface area contributed by atoms with Crippen LogP contribution in [0.25, 0.3) is 10.9 Å².